The van der Waals surface area contributed by atoms with Gasteiger partial charge in [0.15, 0.2) is 0 Å². The Balaban J connectivity index is 1.94. The smallest absolute Gasteiger partial charge is 0.207 e. The maximum Gasteiger partial charge on any atom is 0.207 e. The van der Waals surface area contributed by atoms with E-state index in [1.165, 1.54) is 12.1 Å². The summed E-state index contributed by atoms with van der Waals surface area (Å²) in [6.45, 7) is 0.179. The van der Waals surface area contributed by atoms with Crippen molar-refractivity contribution in [3.63, 3.8) is 0 Å². The van der Waals surface area contributed by atoms with Crippen LogP contribution in [0.3, 0.4) is 0 Å². The minimum absolute atomic E-state index is 0.0848. The highest BCUT2D eigenvalue weighted by Gasteiger charge is 2.29. The molecule has 1 aliphatic rings. The minimum atomic E-state index is -1.40. The standard InChI is InChI=1S/C11H11Cl3O5/c12-6-1-8(14)9(2-7(6)13)17-3-5-4-18-10(15)11(16)19-5/h1-2,5,10-11,15-16H,3-4H2/t5-,10-,11+/m0/s1. The Morgan fingerprint density at radius 2 is 1.79 bits per heavy atom. The number of hydrogen-bond acceptors (Lipinski definition) is 5. The summed E-state index contributed by atoms with van der Waals surface area (Å²) in [4.78, 5) is 0. The number of ether oxygens (including phenoxy) is 3. The molecule has 0 amide bonds. The second kappa shape index (κ2) is 6.45. The van der Waals surface area contributed by atoms with Gasteiger partial charge in [-0.05, 0) is 6.07 Å². The van der Waals surface area contributed by atoms with Crippen LogP contribution in [0.2, 0.25) is 15.1 Å². The molecule has 5 nitrogen and oxygen atoms in total. The van der Waals surface area contributed by atoms with E-state index in [2.05, 4.69) is 0 Å². The number of aliphatic hydroxyl groups is 2. The lowest BCUT2D eigenvalue weighted by Crippen LogP contribution is -2.45. The first-order chi connectivity index (χ1) is 8.97. The van der Waals surface area contributed by atoms with E-state index in [9.17, 15) is 5.11 Å². The van der Waals surface area contributed by atoms with E-state index in [0.29, 0.717) is 20.8 Å². The molecular weight excluding hydrogens is 318 g/mol. The van der Waals surface area contributed by atoms with Gasteiger partial charge in [-0.3, -0.25) is 0 Å². The van der Waals surface area contributed by atoms with Crippen LogP contribution in [0.15, 0.2) is 12.1 Å². The van der Waals surface area contributed by atoms with Crippen molar-refractivity contribution in [2.24, 2.45) is 0 Å². The molecule has 1 fully saturated rings. The highest BCUT2D eigenvalue weighted by atomic mass is 35.5. The van der Waals surface area contributed by atoms with Gasteiger partial charge in [0.2, 0.25) is 12.6 Å². The lowest BCUT2D eigenvalue weighted by Gasteiger charge is -2.30. The lowest BCUT2D eigenvalue weighted by molar-refractivity contribution is -0.316. The van der Waals surface area contributed by atoms with Gasteiger partial charge in [0.05, 0.1) is 21.7 Å². The predicted octanol–water partition coefficient (Wildman–Crippen LogP) is 2.08. The molecule has 0 unspecified atom stereocenters. The van der Waals surface area contributed by atoms with Gasteiger partial charge >= 0.3 is 0 Å². The molecule has 1 aromatic carbocycles. The van der Waals surface area contributed by atoms with Crippen LogP contribution in [-0.2, 0) is 9.47 Å². The zero-order chi connectivity index (χ0) is 14.0. The third-order valence-electron chi connectivity index (χ3n) is 2.43. The van der Waals surface area contributed by atoms with Crippen LogP contribution >= 0.6 is 34.8 Å². The van der Waals surface area contributed by atoms with E-state index in [4.69, 9.17) is 54.1 Å². The maximum absolute atomic E-state index is 9.26. The van der Waals surface area contributed by atoms with Gasteiger partial charge < -0.3 is 24.4 Å². The van der Waals surface area contributed by atoms with E-state index in [1.807, 2.05) is 0 Å². The molecule has 0 radical (unpaired) electrons. The van der Waals surface area contributed by atoms with Crippen LogP contribution in [0, 0.1) is 0 Å². The Hall–Kier alpha value is -0.270. The maximum atomic E-state index is 9.26. The molecule has 19 heavy (non-hydrogen) atoms. The average Bonchev–Trinajstić information content (AvgIpc) is 2.36. The van der Waals surface area contributed by atoms with E-state index in [-0.39, 0.29) is 13.2 Å². The van der Waals surface area contributed by atoms with Gasteiger partial charge in [-0.15, -0.1) is 0 Å². The Morgan fingerprint density at radius 3 is 2.47 bits per heavy atom. The number of aliphatic hydroxyl groups excluding tert-OH is 2. The van der Waals surface area contributed by atoms with Gasteiger partial charge in [0, 0.05) is 6.07 Å². The summed E-state index contributed by atoms with van der Waals surface area (Å²) < 4.78 is 15.4. The van der Waals surface area contributed by atoms with Crippen molar-refractivity contribution in [3.05, 3.63) is 27.2 Å². The van der Waals surface area contributed by atoms with Crippen LogP contribution in [-0.4, -0.2) is 42.1 Å². The van der Waals surface area contributed by atoms with Crippen LogP contribution in [0.5, 0.6) is 5.75 Å². The fraction of sp³-hybridized carbons (Fsp3) is 0.455. The molecule has 1 heterocycles. The fourth-order valence-electron chi connectivity index (χ4n) is 1.48. The van der Waals surface area contributed by atoms with Crippen molar-refractivity contribution in [1.29, 1.82) is 0 Å². The van der Waals surface area contributed by atoms with E-state index < -0.39 is 18.7 Å². The fourth-order valence-corrected chi connectivity index (χ4v) is 2.07. The summed E-state index contributed by atoms with van der Waals surface area (Å²) in [5, 5.41) is 19.3. The first-order valence-electron chi connectivity index (χ1n) is 5.38. The van der Waals surface area contributed by atoms with Crippen molar-refractivity contribution < 1.29 is 24.4 Å². The van der Waals surface area contributed by atoms with Crippen LogP contribution in [0.1, 0.15) is 0 Å². The molecule has 3 atom stereocenters. The summed E-state index contributed by atoms with van der Waals surface area (Å²) in [5.74, 6) is 0.347. The number of halogens is 3. The number of rotatable bonds is 3. The van der Waals surface area contributed by atoms with Gasteiger partial charge in [-0.2, -0.15) is 0 Å². The topological polar surface area (TPSA) is 68.2 Å². The Labute approximate surface area is 124 Å². The van der Waals surface area contributed by atoms with Gasteiger partial charge in [0.25, 0.3) is 0 Å². The lowest BCUT2D eigenvalue weighted by atomic mass is 10.3. The SMILES string of the molecule is O[C@@H]1O[C@@H](COc2cc(Cl)c(Cl)cc2Cl)CO[C@@H]1O. The minimum Gasteiger partial charge on any atom is -0.489 e. The molecule has 0 aromatic heterocycles. The zero-order valence-electron chi connectivity index (χ0n) is 9.55. The van der Waals surface area contributed by atoms with Crippen molar-refractivity contribution in [2.45, 2.75) is 18.7 Å². The molecule has 0 bridgehead atoms. The summed E-state index contributed by atoms with van der Waals surface area (Å²) in [5.41, 5.74) is 0. The highest BCUT2D eigenvalue weighted by Crippen LogP contribution is 2.34. The van der Waals surface area contributed by atoms with E-state index >= 15 is 0 Å². The molecule has 1 aliphatic heterocycles. The Bertz CT molecular complexity index is 456. The molecule has 0 saturated carbocycles. The largest absolute Gasteiger partial charge is 0.489 e. The predicted molar refractivity (Wildman–Crippen MR) is 69.8 cm³/mol. The summed E-state index contributed by atoms with van der Waals surface area (Å²) in [6, 6.07) is 2.96. The Kier molecular flexibility index (Phi) is 5.14. The van der Waals surface area contributed by atoms with E-state index in [0.717, 1.165) is 0 Å². The molecule has 2 rings (SSSR count). The van der Waals surface area contributed by atoms with E-state index in [1.54, 1.807) is 0 Å². The van der Waals surface area contributed by atoms with Crippen LogP contribution in [0.25, 0.3) is 0 Å². The average molecular weight is 330 g/mol. The van der Waals surface area contributed by atoms with Gasteiger partial charge in [-0.1, -0.05) is 34.8 Å². The van der Waals surface area contributed by atoms with Crippen molar-refractivity contribution in [2.75, 3.05) is 13.2 Å². The number of hydrogen-bond donors (Lipinski definition) is 2. The quantitative estimate of drug-likeness (QED) is 0.831. The summed E-state index contributed by atoms with van der Waals surface area (Å²) in [6.07, 6.45) is -3.26. The van der Waals surface area contributed by atoms with Crippen molar-refractivity contribution in [3.8, 4) is 5.75 Å². The normalized spacial score (nSPS) is 27.3. The van der Waals surface area contributed by atoms with Crippen molar-refractivity contribution in [1.82, 2.24) is 0 Å². The third-order valence-corrected chi connectivity index (χ3v) is 3.45. The van der Waals surface area contributed by atoms with Crippen LogP contribution in [0.4, 0.5) is 0 Å². The Morgan fingerprint density at radius 1 is 1.11 bits per heavy atom. The van der Waals surface area contributed by atoms with Crippen molar-refractivity contribution >= 4 is 34.8 Å². The molecular formula is C11H11Cl3O5. The van der Waals surface area contributed by atoms with Crippen LogP contribution < -0.4 is 4.74 Å². The first-order valence-corrected chi connectivity index (χ1v) is 6.51. The van der Waals surface area contributed by atoms with Gasteiger partial charge in [0.1, 0.15) is 18.5 Å². The summed E-state index contributed by atoms with van der Waals surface area (Å²) in [7, 11) is 0. The molecule has 106 valence electrons. The van der Waals surface area contributed by atoms with Gasteiger partial charge in [-0.25, -0.2) is 0 Å². The molecule has 8 heteroatoms. The molecule has 0 aliphatic carbocycles. The third kappa shape index (κ3) is 3.86. The second-order valence-corrected chi connectivity index (χ2v) is 5.10. The molecule has 1 aromatic rings. The first kappa shape index (κ1) is 15.1. The highest BCUT2D eigenvalue weighted by molar-refractivity contribution is 6.43. The molecule has 1 saturated heterocycles. The second-order valence-electron chi connectivity index (χ2n) is 3.88. The zero-order valence-corrected chi connectivity index (χ0v) is 11.8. The number of benzene rings is 1. The monoisotopic (exact) mass is 328 g/mol. The summed E-state index contributed by atoms with van der Waals surface area (Å²) >= 11 is 17.6. The molecule has 2 N–H and O–H groups in total. The molecule has 0 spiro atoms.